The largest absolute Gasteiger partial charge is 0.492 e. The highest BCUT2D eigenvalue weighted by atomic mass is 32.1. The lowest BCUT2D eigenvalue weighted by Gasteiger charge is -1.93. The van der Waals surface area contributed by atoms with Crippen molar-refractivity contribution in [2.45, 2.75) is 6.92 Å². The van der Waals surface area contributed by atoms with Gasteiger partial charge in [-0.3, -0.25) is 0 Å². The maximum Gasteiger partial charge on any atom is 0.232 e. The molecule has 0 unspecified atom stereocenters. The first-order valence-corrected chi connectivity index (χ1v) is 5.40. The van der Waals surface area contributed by atoms with Crippen LogP contribution in [0.2, 0.25) is 0 Å². The van der Waals surface area contributed by atoms with Crippen molar-refractivity contribution >= 4 is 31.6 Å². The maximum atomic E-state index is 9.60. The molecular weight excluding hydrogens is 208 g/mol. The zero-order valence-electron chi connectivity index (χ0n) is 8.06. The van der Waals surface area contributed by atoms with Crippen molar-refractivity contribution in [2.24, 2.45) is 0 Å². The van der Waals surface area contributed by atoms with Crippen LogP contribution in [0.25, 0.3) is 20.3 Å². The number of fused-ring (bicyclic) bond motifs is 3. The van der Waals surface area contributed by atoms with E-state index in [-0.39, 0.29) is 5.88 Å². The van der Waals surface area contributed by atoms with Crippen LogP contribution in [0.5, 0.6) is 5.88 Å². The minimum atomic E-state index is 0.0684. The summed E-state index contributed by atoms with van der Waals surface area (Å²) in [5, 5.41) is 10.7. The Bertz CT molecular complexity index is 660. The smallest absolute Gasteiger partial charge is 0.232 e. The molecule has 0 atom stereocenters. The van der Waals surface area contributed by atoms with Crippen molar-refractivity contribution in [3.8, 4) is 5.88 Å². The molecule has 1 aromatic carbocycles. The lowest BCUT2D eigenvalue weighted by molar-refractivity contribution is 0.460. The summed E-state index contributed by atoms with van der Waals surface area (Å²) >= 11 is 1.52. The van der Waals surface area contributed by atoms with Crippen molar-refractivity contribution in [1.29, 1.82) is 0 Å². The van der Waals surface area contributed by atoms with E-state index in [4.69, 9.17) is 0 Å². The summed E-state index contributed by atoms with van der Waals surface area (Å²) in [5.41, 5.74) is 2.03. The Morgan fingerprint density at radius 1 is 1.27 bits per heavy atom. The summed E-state index contributed by atoms with van der Waals surface area (Å²) in [6, 6.07) is 6.19. The van der Waals surface area contributed by atoms with Gasteiger partial charge in [0.25, 0.3) is 0 Å². The zero-order chi connectivity index (χ0) is 10.4. The Labute approximate surface area is 90.0 Å². The van der Waals surface area contributed by atoms with Crippen LogP contribution in [0.3, 0.4) is 0 Å². The number of thiophene rings is 1. The van der Waals surface area contributed by atoms with Gasteiger partial charge in [0.1, 0.15) is 11.0 Å². The van der Waals surface area contributed by atoms with Crippen LogP contribution in [0.1, 0.15) is 5.56 Å². The third-order valence-corrected chi connectivity index (χ3v) is 3.54. The maximum absolute atomic E-state index is 9.60. The molecule has 0 spiro atoms. The molecule has 0 aliphatic carbocycles. The van der Waals surface area contributed by atoms with E-state index in [0.29, 0.717) is 0 Å². The SMILES string of the molecule is Cc1ccc2sc3c(O)ncnc3c2c1. The van der Waals surface area contributed by atoms with Crippen molar-refractivity contribution in [3.05, 3.63) is 30.1 Å². The number of aromatic hydroxyl groups is 1. The average Bonchev–Trinajstić information content (AvgIpc) is 2.58. The Morgan fingerprint density at radius 2 is 2.13 bits per heavy atom. The third kappa shape index (κ3) is 1.18. The Morgan fingerprint density at radius 3 is 3.00 bits per heavy atom. The average molecular weight is 216 g/mol. The number of hydrogen-bond donors (Lipinski definition) is 1. The first-order chi connectivity index (χ1) is 7.25. The fraction of sp³-hybridized carbons (Fsp3) is 0.0909. The normalized spacial score (nSPS) is 11.3. The summed E-state index contributed by atoms with van der Waals surface area (Å²) in [7, 11) is 0. The summed E-state index contributed by atoms with van der Waals surface area (Å²) in [6.07, 6.45) is 1.40. The highest BCUT2D eigenvalue weighted by Crippen LogP contribution is 2.36. The van der Waals surface area contributed by atoms with Crippen molar-refractivity contribution < 1.29 is 5.11 Å². The number of nitrogens with zero attached hydrogens (tertiary/aromatic N) is 2. The molecule has 3 rings (SSSR count). The standard InChI is InChI=1S/C11H8N2OS/c1-6-2-3-8-7(4-6)9-10(15-8)11(14)13-5-12-9/h2-5H,1H3,(H,12,13,14). The van der Waals surface area contributed by atoms with E-state index < -0.39 is 0 Å². The number of rotatable bonds is 0. The molecular formula is C11H8N2OS. The molecule has 74 valence electrons. The Kier molecular flexibility index (Phi) is 1.67. The summed E-state index contributed by atoms with van der Waals surface area (Å²) in [5.74, 6) is 0.0684. The number of hydrogen-bond acceptors (Lipinski definition) is 4. The Balaban J connectivity index is 2.58. The van der Waals surface area contributed by atoms with Gasteiger partial charge in [-0.2, -0.15) is 0 Å². The van der Waals surface area contributed by atoms with Crippen LogP contribution >= 0.6 is 11.3 Å². The molecule has 0 bridgehead atoms. The second-order valence-corrected chi connectivity index (χ2v) is 4.53. The van der Waals surface area contributed by atoms with E-state index in [0.717, 1.165) is 20.3 Å². The lowest BCUT2D eigenvalue weighted by atomic mass is 10.2. The molecule has 0 radical (unpaired) electrons. The minimum absolute atomic E-state index is 0.0684. The summed E-state index contributed by atoms with van der Waals surface area (Å²) in [4.78, 5) is 7.99. The predicted molar refractivity (Wildman–Crippen MR) is 61.3 cm³/mol. The molecule has 3 aromatic rings. The molecule has 0 amide bonds. The molecule has 0 saturated carbocycles. The van der Waals surface area contributed by atoms with Gasteiger partial charge in [0.05, 0.1) is 5.52 Å². The van der Waals surface area contributed by atoms with Gasteiger partial charge in [-0.05, 0) is 19.1 Å². The van der Waals surface area contributed by atoms with E-state index in [2.05, 4.69) is 28.2 Å². The van der Waals surface area contributed by atoms with Gasteiger partial charge in [-0.15, -0.1) is 11.3 Å². The van der Waals surface area contributed by atoms with Crippen LogP contribution in [-0.2, 0) is 0 Å². The molecule has 0 aliphatic rings. The van der Waals surface area contributed by atoms with Crippen LogP contribution in [-0.4, -0.2) is 15.1 Å². The first kappa shape index (κ1) is 8.61. The fourth-order valence-electron chi connectivity index (χ4n) is 1.68. The second-order valence-electron chi connectivity index (χ2n) is 3.48. The van der Waals surface area contributed by atoms with Gasteiger partial charge >= 0.3 is 0 Å². The monoisotopic (exact) mass is 216 g/mol. The number of aryl methyl sites for hydroxylation is 1. The molecule has 2 heterocycles. The zero-order valence-corrected chi connectivity index (χ0v) is 8.88. The highest BCUT2D eigenvalue weighted by molar-refractivity contribution is 7.26. The molecule has 15 heavy (non-hydrogen) atoms. The van der Waals surface area contributed by atoms with Crippen molar-refractivity contribution in [2.75, 3.05) is 0 Å². The van der Waals surface area contributed by atoms with E-state index in [1.165, 1.54) is 23.2 Å². The van der Waals surface area contributed by atoms with E-state index >= 15 is 0 Å². The topological polar surface area (TPSA) is 46.0 Å². The molecule has 0 aliphatic heterocycles. The predicted octanol–water partition coefficient (Wildman–Crippen LogP) is 2.86. The molecule has 4 heteroatoms. The Hall–Kier alpha value is -1.68. The molecule has 0 saturated heterocycles. The second kappa shape index (κ2) is 2.90. The van der Waals surface area contributed by atoms with E-state index in [9.17, 15) is 5.11 Å². The van der Waals surface area contributed by atoms with Crippen molar-refractivity contribution in [1.82, 2.24) is 9.97 Å². The lowest BCUT2D eigenvalue weighted by Crippen LogP contribution is -1.78. The van der Waals surface area contributed by atoms with Crippen LogP contribution in [0.15, 0.2) is 24.5 Å². The third-order valence-electron chi connectivity index (χ3n) is 2.39. The van der Waals surface area contributed by atoms with E-state index in [1.54, 1.807) is 0 Å². The summed E-state index contributed by atoms with van der Waals surface area (Å²) < 4.78 is 1.89. The number of aromatic nitrogens is 2. The van der Waals surface area contributed by atoms with Gasteiger partial charge in [0.15, 0.2) is 0 Å². The van der Waals surface area contributed by atoms with Gasteiger partial charge < -0.3 is 5.11 Å². The molecule has 0 fully saturated rings. The van der Waals surface area contributed by atoms with Gasteiger partial charge in [-0.1, -0.05) is 11.6 Å². The van der Waals surface area contributed by atoms with Crippen LogP contribution in [0, 0.1) is 6.92 Å². The summed E-state index contributed by atoms with van der Waals surface area (Å²) in [6.45, 7) is 2.05. The highest BCUT2D eigenvalue weighted by Gasteiger charge is 2.09. The minimum Gasteiger partial charge on any atom is -0.492 e. The molecule has 2 aromatic heterocycles. The van der Waals surface area contributed by atoms with Gasteiger partial charge in [-0.25, -0.2) is 9.97 Å². The molecule has 1 N–H and O–H groups in total. The quantitative estimate of drug-likeness (QED) is 0.628. The van der Waals surface area contributed by atoms with Gasteiger partial charge in [0, 0.05) is 10.1 Å². The van der Waals surface area contributed by atoms with E-state index in [1.807, 2.05) is 6.92 Å². The molecule has 3 nitrogen and oxygen atoms in total. The number of benzene rings is 1. The van der Waals surface area contributed by atoms with Gasteiger partial charge in [0.2, 0.25) is 5.88 Å². The van der Waals surface area contributed by atoms with Crippen LogP contribution < -0.4 is 0 Å². The fourth-order valence-corrected chi connectivity index (χ4v) is 2.70. The van der Waals surface area contributed by atoms with Crippen molar-refractivity contribution in [3.63, 3.8) is 0 Å². The van der Waals surface area contributed by atoms with Crippen LogP contribution in [0.4, 0.5) is 0 Å². The first-order valence-electron chi connectivity index (χ1n) is 4.58.